The third kappa shape index (κ3) is 21.3. The summed E-state index contributed by atoms with van der Waals surface area (Å²) in [4.78, 5) is 9.65. The molecular formula is C42H66N2. The van der Waals surface area contributed by atoms with Gasteiger partial charge >= 0.3 is 0 Å². The lowest BCUT2D eigenvalue weighted by Crippen LogP contribution is -1.99. The Morgan fingerprint density at radius 3 is 1.59 bits per heavy atom. The Kier molecular flexibility index (Phi) is 24.0. The third-order valence-electron chi connectivity index (χ3n) is 8.58. The van der Waals surface area contributed by atoms with Gasteiger partial charge in [-0.3, -0.25) is 9.98 Å². The summed E-state index contributed by atoms with van der Waals surface area (Å²) in [6, 6.07) is 18.7. The molecule has 44 heavy (non-hydrogen) atoms. The molecule has 0 bridgehead atoms. The summed E-state index contributed by atoms with van der Waals surface area (Å²) in [5.41, 5.74) is 4.28. The van der Waals surface area contributed by atoms with E-state index in [0.29, 0.717) is 0 Å². The number of rotatable bonds is 28. The standard InChI is InChI=1S/C42H66N2/c1-3-5-7-8-9-10-11-12-13-14-15-16-17-18-19-20-21-22-23-24-27-31-39-32-30-36-41(37-39)44-42(35-26-6-4-2)38-43-40-33-28-25-29-34-40/h25,27-34,36-38H,3-24,26,35H2,1-2H3. The number of nitrogens with zero attached hydrogens (tertiary/aromatic N) is 2. The Labute approximate surface area is 273 Å². The Morgan fingerprint density at radius 1 is 0.523 bits per heavy atom. The van der Waals surface area contributed by atoms with Crippen LogP contribution in [-0.2, 0) is 0 Å². The topological polar surface area (TPSA) is 24.7 Å². The molecule has 0 fully saturated rings. The van der Waals surface area contributed by atoms with E-state index < -0.39 is 0 Å². The van der Waals surface area contributed by atoms with Crippen molar-refractivity contribution in [1.82, 2.24) is 0 Å². The van der Waals surface area contributed by atoms with Gasteiger partial charge in [0.25, 0.3) is 0 Å². The van der Waals surface area contributed by atoms with Gasteiger partial charge in [-0.15, -0.1) is 0 Å². The zero-order chi connectivity index (χ0) is 31.2. The fraction of sp³-hybridized carbons (Fsp3) is 0.619. The van der Waals surface area contributed by atoms with E-state index in [9.17, 15) is 0 Å². The van der Waals surface area contributed by atoms with E-state index in [4.69, 9.17) is 4.99 Å². The first-order chi connectivity index (χ1) is 21.8. The van der Waals surface area contributed by atoms with Gasteiger partial charge in [0.1, 0.15) is 0 Å². The van der Waals surface area contributed by atoms with Crippen molar-refractivity contribution in [3.63, 3.8) is 0 Å². The molecule has 0 amide bonds. The van der Waals surface area contributed by atoms with Crippen molar-refractivity contribution in [2.24, 2.45) is 9.98 Å². The van der Waals surface area contributed by atoms with Gasteiger partial charge in [-0.05, 0) is 55.5 Å². The van der Waals surface area contributed by atoms with Crippen LogP contribution < -0.4 is 0 Å². The smallest absolute Gasteiger partial charge is 0.0639 e. The van der Waals surface area contributed by atoms with Crippen molar-refractivity contribution < 1.29 is 0 Å². The molecule has 0 saturated carbocycles. The lowest BCUT2D eigenvalue weighted by molar-refractivity contribution is 0.523. The third-order valence-corrected chi connectivity index (χ3v) is 8.58. The van der Waals surface area contributed by atoms with Gasteiger partial charge in [-0.1, -0.05) is 185 Å². The largest absolute Gasteiger partial charge is 0.255 e. The van der Waals surface area contributed by atoms with Gasteiger partial charge in [0.15, 0.2) is 0 Å². The Morgan fingerprint density at radius 2 is 1.02 bits per heavy atom. The van der Waals surface area contributed by atoms with Crippen molar-refractivity contribution >= 4 is 29.4 Å². The van der Waals surface area contributed by atoms with Crippen molar-refractivity contribution in [3.05, 3.63) is 66.2 Å². The summed E-state index contributed by atoms with van der Waals surface area (Å²) in [6.45, 7) is 4.54. The van der Waals surface area contributed by atoms with Crippen LogP contribution in [0.15, 0.2) is 70.7 Å². The van der Waals surface area contributed by atoms with E-state index >= 15 is 0 Å². The summed E-state index contributed by atoms with van der Waals surface area (Å²) in [6.07, 6.45) is 39.5. The van der Waals surface area contributed by atoms with Crippen LogP contribution in [0.4, 0.5) is 11.4 Å². The molecule has 2 heteroatoms. The first-order valence-electron chi connectivity index (χ1n) is 18.7. The second kappa shape index (κ2) is 28.0. The minimum absolute atomic E-state index is 0.962. The molecule has 0 unspecified atom stereocenters. The molecule has 0 aromatic heterocycles. The number of hydrogen-bond donors (Lipinski definition) is 0. The van der Waals surface area contributed by atoms with E-state index in [-0.39, 0.29) is 0 Å². The molecule has 0 aliphatic carbocycles. The van der Waals surface area contributed by atoms with Crippen LogP contribution in [0.2, 0.25) is 0 Å². The van der Waals surface area contributed by atoms with Crippen LogP contribution in [0.5, 0.6) is 0 Å². The number of aliphatic imine (C=N–C) groups is 2. The fourth-order valence-corrected chi connectivity index (χ4v) is 5.79. The molecule has 0 aliphatic rings. The van der Waals surface area contributed by atoms with Crippen LogP contribution in [0.3, 0.4) is 0 Å². The van der Waals surface area contributed by atoms with Crippen molar-refractivity contribution in [2.45, 2.75) is 168 Å². The molecule has 2 aromatic carbocycles. The number of benzene rings is 2. The summed E-state index contributed by atoms with van der Waals surface area (Å²) in [7, 11) is 0. The molecule has 0 aliphatic heterocycles. The molecular weight excluding hydrogens is 532 g/mol. The Hall–Kier alpha value is -2.48. The van der Waals surface area contributed by atoms with Crippen molar-refractivity contribution in [1.29, 1.82) is 0 Å². The monoisotopic (exact) mass is 599 g/mol. The molecule has 244 valence electrons. The van der Waals surface area contributed by atoms with Gasteiger partial charge in [0.05, 0.1) is 17.1 Å². The molecule has 2 nitrogen and oxygen atoms in total. The normalized spacial score (nSPS) is 12.2. The summed E-state index contributed by atoms with van der Waals surface area (Å²) in [5, 5.41) is 0. The SMILES string of the molecule is CCCCCCCCCCCCCCCCCCCCCC=Cc1cccc(N=C(C=Nc2ccccc2)CCCCC)c1. The highest BCUT2D eigenvalue weighted by Crippen LogP contribution is 2.19. The van der Waals surface area contributed by atoms with Crippen LogP contribution >= 0.6 is 0 Å². The van der Waals surface area contributed by atoms with Crippen LogP contribution in [0.1, 0.15) is 174 Å². The number of para-hydroxylation sites is 1. The van der Waals surface area contributed by atoms with E-state index in [1.807, 2.05) is 36.5 Å². The van der Waals surface area contributed by atoms with E-state index in [0.717, 1.165) is 29.9 Å². The first kappa shape index (κ1) is 37.7. The molecule has 0 atom stereocenters. The van der Waals surface area contributed by atoms with Gasteiger partial charge in [0.2, 0.25) is 0 Å². The molecule has 0 heterocycles. The zero-order valence-corrected chi connectivity index (χ0v) is 28.8. The average Bonchev–Trinajstić information content (AvgIpc) is 3.05. The Balaban J connectivity index is 1.52. The lowest BCUT2D eigenvalue weighted by atomic mass is 10.0. The lowest BCUT2D eigenvalue weighted by Gasteiger charge is -2.04. The highest BCUT2D eigenvalue weighted by atomic mass is 14.8. The quantitative estimate of drug-likeness (QED) is 0.0687. The van der Waals surface area contributed by atoms with Gasteiger partial charge in [-0.25, -0.2) is 0 Å². The first-order valence-corrected chi connectivity index (χ1v) is 18.7. The van der Waals surface area contributed by atoms with Gasteiger partial charge in [0, 0.05) is 6.21 Å². The molecule has 0 spiro atoms. The van der Waals surface area contributed by atoms with Gasteiger partial charge < -0.3 is 0 Å². The molecule has 2 aromatic rings. The van der Waals surface area contributed by atoms with Crippen molar-refractivity contribution in [3.8, 4) is 0 Å². The number of allylic oxidation sites excluding steroid dienone is 1. The molecule has 0 saturated heterocycles. The molecule has 2 rings (SSSR count). The maximum Gasteiger partial charge on any atom is 0.0639 e. The van der Waals surface area contributed by atoms with E-state index in [1.54, 1.807) is 0 Å². The summed E-state index contributed by atoms with van der Waals surface area (Å²) < 4.78 is 0. The maximum absolute atomic E-state index is 4.98. The highest BCUT2D eigenvalue weighted by molar-refractivity contribution is 6.31. The van der Waals surface area contributed by atoms with Crippen LogP contribution in [0.25, 0.3) is 6.08 Å². The number of unbranched alkanes of at least 4 members (excludes halogenated alkanes) is 21. The minimum Gasteiger partial charge on any atom is -0.255 e. The second-order valence-corrected chi connectivity index (χ2v) is 12.8. The Bertz CT molecular complexity index is 1000. The summed E-state index contributed by atoms with van der Waals surface area (Å²) >= 11 is 0. The zero-order valence-electron chi connectivity index (χ0n) is 28.8. The van der Waals surface area contributed by atoms with Crippen LogP contribution in [0, 0.1) is 0 Å². The summed E-state index contributed by atoms with van der Waals surface area (Å²) in [5.74, 6) is 0. The van der Waals surface area contributed by atoms with Gasteiger partial charge in [-0.2, -0.15) is 0 Å². The maximum atomic E-state index is 4.98. The predicted octanol–water partition coefficient (Wildman–Crippen LogP) is 14.6. The average molecular weight is 599 g/mol. The van der Waals surface area contributed by atoms with Crippen molar-refractivity contribution in [2.75, 3.05) is 0 Å². The minimum atomic E-state index is 0.962. The van der Waals surface area contributed by atoms with E-state index in [1.165, 1.54) is 147 Å². The fourth-order valence-electron chi connectivity index (χ4n) is 5.79. The van der Waals surface area contributed by atoms with E-state index in [2.05, 4.69) is 55.3 Å². The highest BCUT2D eigenvalue weighted by Gasteiger charge is 2.00. The second-order valence-electron chi connectivity index (χ2n) is 12.8. The number of hydrogen-bond acceptors (Lipinski definition) is 2. The van der Waals surface area contributed by atoms with Crippen LogP contribution in [-0.4, -0.2) is 11.9 Å². The molecule has 0 radical (unpaired) electrons. The predicted molar refractivity (Wildman–Crippen MR) is 199 cm³/mol. The molecule has 0 N–H and O–H groups in total.